The van der Waals surface area contributed by atoms with Crippen molar-refractivity contribution < 1.29 is 4.79 Å². The van der Waals surface area contributed by atoms with E-state index in [-0.39, 0.29) is 5.91 Å². The standard InChI is InChI=1S/C34H68N2O/c1-5-7-9-11-13-17-21-26-33(35-34(37)28-23-29-36(3)4)27-22-18-14-16-20-25-32-30-31(32)24-19-15-12-10-8-6-2/h31-33H,5-30H2,1-4H3,(H,35,37)/t31-,32+,33+/m0/s1. The van der Waals surface area contributed by atoms with Crippen LogP contribution in [0.3, 0.4) is 0 Å². The lowest BCUT2D eigenvalue weighted by atomic mass is 9.99. The summed E-state index contributed by atoms with van der Waals surface area (Å²) in [6.07, 6.45) is 33.5. The van der Waals surface area contributed by atoms with Crippen molar-refractivity contribution in [1.82, 2.24) is 10.2 Å². The Bertz CT molecular complexity index is 506. The highest BCUT2D eigenvalue weighted by molar-refractivity contribution is 5.76. The van der Waals surface area contributed by atoms with Crippen molar-refractivity contribution >= 4 is 5.91 Å². The first-order valence-corrected chi connectivity index (χ1v) is 17.0. The second-order valence-electron chi connectivity index (χ2n) is 12.7. The second-order valence-corrected chi connectivity index (χ2v) is 12.7. The molecule has 0 aromatic carbocycles. The lowest BCUT2D eigenvalue weighted by Crippen LogP contribution is -2.35. The number of nitrogens with one attached hydrogen (secondary N) is 1. The summed E-state index contributed by atoms with van der Waals surface area (Å²) in [5.74, 6) is 2.43. The van der Waals surface area contributed by atoms with E-state index in [0.717, 1.165) is 24.8 Å². The lowest BCUT2D eigenvalue weighted by molar-refractivity contribution is -0.122. The molecule has 3 nitrogen and oxygen atoms in total. The van der Waals surface area contributed by atoms with Gasteiger partial charge in [-0.3, -0.25) is 4.79 Å². The van der Waals surface area contributed by atoms with E-state index in [1.807, 2.05) is 0 Å². The molecular weight excluding hydrogens is 452 g/mol. The minimum Gasteiger partial charge on any atom is -0.353 e. The molecular formula is C34H68N2O. The van der Waals surface area contributed by atoms with Gasteiger partial charge in [-0.05, 0) is 58.2 Å². The van der Waals surface area contributed by atoms with Gasteiger partial charge in [0, 0.05) is 12.5 Å². The molecule has 0 spiro atoms. The summed E-state index contributed by atoms with van der Waals surface area (Å²) in [5.41, 5.74) is 0. The molecule has 1 saturated carbocycles. The Kier molecular flexibility index (Phi) is 22.8. The molecule has 37 heavy (non-hydrogen) atoms. The van der Waals surface area contributed by atoms with Gasteiger partial charge >= 0.3 is 0 Å². The zero-order chi connectivity index (χ0) is 27.0. The number of unbranched alkanes of at least 4 members (excludes halogenated alkanes) is 15. The molecule has 3 atom stereocenters. The van der Waals surface area contributed by atoms with Crippen LogP contribution < -0.4 is 5.32 Å². The van der Waals surface area contributed by atoms with Crippen molar-refractivity contribution in [3.05, 3.63) is 0 Å². The van der Waals surface area contributed by atoms with Crippen LogP contribution in [0.2, 0.25) is 0 Å². The molecule has 0 aliphatic heterocycles. The fourth-order valence-corrected chi connectivity index (χ4v) is 6.02. The van der Waals surface area contributed by atoms with Crippen molar-refractivity contribution in [2.75, 3.05) is 20.6 Å². The maximum absolute atomic E-state index is 12.5. The molecule has 1 aliphatic rings. The Balaban J connectivity index is 2.09. The number of carbonyl (C=O) groups excluding carboxylic acids is 1. The minimum atomic E-state index is 0.273. The van der Waals surface area contributed by atoms with Crippen LogP contribution in [0.1, 0.15) is 174 Å². The van der Waals surface area contributed by atoms with Gasteiger partial charge in [0.2, 0.25) is 5.91 Å². The van der Waals surface area contributed by atoms with E-state index in [1.165, 1.54) is 148 Å². The van der Waals surface area contributed by atoms with Crippen LogP contribution in [-0.2, 0) is 4.79 Å². The molecule has 1 aliphatic carbocycles. The van der Waals surface area contributed by atoms with Gasteiger partial charge in [-0.25, -0.2) is 0 Å². The zero-order valence-electron chi connectivity index (χ0n) is 26.0. The molecule has 220 valence electrons. The lowest BCUT2D eigenvalue weighted by Gasteiger charge is -2.19. The summed E-state index contributed by atoms with van der Waals surface area (Å²) in [6.45, 7) is 5.58. The number of hydrogen-bond acceptors (Lipinski definition) is 2. The number of hydrogen-bond donors (Lipinski definition) is 1. The SMILES string of the molecule is CCCCCCCCC[C@H](CCCCCCC[C@@H]1C[C@@H]1CCCCCCCC)NC(=O)CCCN(C)C. The first-order chi connectivity index (χ1) is 18.1. The van der Waals surface area contributed by atoms with Crippen LogP contribution in [-0.4, -0.2) is 37.5 Å². The van der Waals surface area contributed by atoms with E-state index in [1.54, 1.807) is 0 Å². The van der Waals surface area contributed by atoms with Crippen LogP contribution in [0, 0.1) is 11.8 Å². The van der Waals surface area contributed by atoms with Crippen LogP contribution in [0.15, 0.2) is 0 Å². The number of rotatable bonds is 28. The van der Waals surface area contributed by atoms with Crippen molar-refractivity contribution in [3.63, 3.8) is 0 Å². The highest BCUT2D eigenvalue weighted by Gasteiger charge is 2.34. The van der Waals surface area contributed by atoms with Crippen LogP contribution in [0.25, 0.3) is 0 Å². The summed E-state index contributed by atoms with van der Waals surface area (Å²) < 4.78 is 0. The Morgan fingerprint density at radius 1 is 0.649 bits per heavy atom. The third kappa shape index (κ3) is 22.0. The van der Waals surface area contributed by atoms with E-state index in [4.69, 9.17) is 0 Å². The van der Waals surface area contributed by atoms with Gasteiger partial charge in [0.1, 0.15) is 0 Å². The molecule has 0 aromatic heterocycles. The average Bonchev–Trinajstić information content (AvgIpc) is 3.62. The molecule has 0 saturated heterocycles. The van der Waals surface area contributed by atoms with Crippen molar-refractivity contribution in [1.29, 1.82) is 0 Å². The first kappa shape index (κ1) is 34.5. The summed E-state index contributed by atoms with van der Waals surface area (Å²) >= 11 is 0. The van der Waals surface area contributed by atoms with E-state index in [9.17, 15) is 4.79 Å². The molecule has 0 unspecified atom stereocenters. The Morgan fingerprint density at radius 3 is 1.54 bits per heavy atom. The third-order valence-corrected chi connectivity index (χ3v) is 8.66. The summed E-state index contributed by atoms with van der Waals surface area (Å²) in [7, 11) is 4.17. The highest BCUT2D eigenvalue weighted by Crippen LogP contribution is 2.45. The molecule has 1 N–H and O–H groups in total. The molecule has 0 heterocycles. The van der Waals surface area contributed by atoms with Crippen molar-refractivity contribution in [2.24, 2.45) is 11.8 Å². The maximum atomic E-state index is 12.5. The maximum Gasteiger partial charge on any atom is 0.220 e. The van der Waals surface area contributed by atoms with Gasteiger partial charge in [0.15, 0.2) is 0 Å². The molecule has 1 amide bonds. The average molecular weight is 521 g/mol. The fourth-order valence-electron chi connectivity index (χ4n) is 6.02. The number of amides is 1. The predicted molar refractivity (Wildman–Crippen MR) is 164 cm³/mol. The Hall–Kier alpha value is -0.570. The second kappa shape index (κ2) is 24.5. The van der Waals surface area contributed by atoms with Crippen molar-refractivity contribution in [3.8, 4) is 0 Å². The van der Waals surface area contributed by atoms with E-state index < -0.39 is 0 Å². The molecule has 0 radical (unpaired) electrons. The zero-order valence-corrected chi connectivity index (χ0v) is 26.0. The molecule has 1 fully saturated rings. The molecule has 0 aromatic rings. The first-order valence-electron chi connectivity index (χ1n) is 17.0. The smallest absolute Gasteiger partial charge is 0.220 e. The van der Waals surface area contributed by atoms with Gasteiger partial charge in [-0.1, -0.05) is 142 Å². The summed E-state index contributed by atoms with van der Waals surface area (Å²) in [4.78, 5) is 14.7. The van der Waals surface area contributed by atoms with Gasteiger partial charge in [-0.15, -0.1) is 0 Å². The normalized spacial score (nSPS) is 17.9. The van der Waals surface area contributed by atoms with Crippen molar-refractivity contribution in [2.45, 2.75) is 180 Å². The van der Waals surface area contributed by atoms with Crippen LogP contribution >= 0.6 is 0 Å². The third-order valence-electron chi connectivity index (χ3n) is 8.66. The summed E-state index contributed by atoms with van der Waals surface area (Å²) in [5, 5.41) is 3.41. The molecule has 3 heteroatoms. The fraction of sp³-hybridized carbons (Fsp3) is 0.971. The largest absolute Gasteiger partial charge is 0.353 e. The van der Waals surface area contributed by atoms with E-state index in [0.29, 0.717) is 12.5 Å². The van der Waals surface area contributed by atoms with Gasteiger partial charge in [0.05, 0.1) is 0 Å². The topological polar surface area (TPSA) is 32.3 Å². The monoisotopic (exact) mass is 521 g/mol. The Labute approximate surface area is 233 Å². The highest BCUT2D eigenvalue weighted by atomic mass is 16.1. The number of carbonyl (C=O) groups is 1. The summed E-state index contributed by atoms with van der Waals surface area (Å²) in [6, 6.07) is 0.400. The van der Waals surface area contributed by atoms with Gasteiger partial charge < -0.3 is 10.2 Å². The van der Waals surface area contributed by atoms with Crippen LogP contribution in [0.4, 0.5) is 0 Å². The van der Waals surface area contributed by atoms with E-state index >= 15 is 0 Å². The van der Waals surface area contributed by atoms with E-state index in [2.05, 4.69) is 38.2 Å². The predicted octanol–water partition coefficient (Wildman–Crippen LogP) is 10.1. The van der Waals surface area contributed by atoms with Gasteiger partial charge in [0.25, 0.3) is 0 Å². The molecule has 0 bridgehead atoms. The van der Waals surface area contributed by atoms with Crippen LogP contribution in [0.5, 0.6) is 0 Å². The number of nitrogens with zero attached hydrogens (tertiary/aromatic N) is 1. The molecule has 1 rings (SSSR count). The van der Waals surface area contributed by atoms with Gasteiger partial charge in [-0.2, -0.15) is 0 Å². The quantitative estimate of drug-likeness (QED) is 0.104. The Morgan fingerprint density at radius 2 is 1.08 bits per heavy atom. The minimum absolute atomic E-state index is 0.273.